The molecule has 23 heavy (non-hydrogen) atoms. The molecule has 136 valence electrons. The maximum Gasteiger partial charge on any atom is 0.169 e. The fraction of sp³-hybridized carbons (Fsp3) is 1.00. The van der Waals surface area contributed by atoms with Crippen LogP contribution < -0.4 is 0 Å². The monoisotopic (exact) mass is 324 g/mol. The molecule has 2 rings (SSSR count). The average Bonchev–Trinajstić information content (AvgIpc) is 2.45. The van der Waals surface area contributed by atoms with Crippen LogP contribution in [0.25, 0.3) is 0 Å². The summed E-state index contributed by atoms with van der Waals surface area (Å²) in [5, 5.41) is 0. The van der Waals surface area contributed by atoms with Crippen LogP contribution >= 0.6 is 0 Å². The lowest BCUT2D eigenvalue weighted by atomic mass is 9.59. The molecule has 2 heterocycles. The van der Waals surface area contributed by atoms with Gasteiger partial charge in [0, 0.05) is 12.8 Å². The maximum absolute atomic E-state index is 6.48. The number of hydrogen-bond acceptors (Lipinski definition) is 2. The zero-order valence-electron chi connectivity index (χ0n) is 16.9. The van der Waals surface area contributed by atoms with Crippen molar-refractivity contribution >= 4 is 0 Å². The van der Waals surface area contributed by atoms with Gasteiger partial charge in [0.25, 0.3) is 0 Å². The molecule has 0 radical (unpaired) electrons. The van der Waals surface area contributed by atoms with E-state index in [1.54, 1.807) is 0 Å². The van der Waals surface area contributed by atoms with Gasteiger partial charge in [0.1, 0.15) is 0 Å². The molecule has 0 aromatic heterocycles. The summed E-state index contributed by atoms with van der Waals surface area (Å²) in [5.74, 6) is 2.27. The standard InChI is InChI=1S/C21H40O2/c1-9-20(10-2)14-21(23-12-18(20)16(5)6)13-19(7,8)17(11-22-21)15(3)4/h15-18H,9-14H2,1-8H3. The van der Waals surface area contributed by atoms with Crippen molar-refractivity contribution in [2.24, 2.45) is 34.5 Å². The zero-order valence-corrected chi connectivity index (χ0v) is 16.9. The van der Waals surface area contributed by atoms with Gasteiger partial charge >= 0.3 is 0 Å². The van der Waals surface area contributed by atoms with Crippen molar-refractivity contribution in [3.63, 3.8) is 0 Å². The van der Waals surface area contributed by atoms with Crippen LogP contribution in [0, 0.1) is 34.5 Å². The highest BCUT2D eigenvalue weighted by Crippen LogP contribution is 2.56. The molecular weight excluding hydrogens is 284 g/mol. The minimum absolute atomic E-state index is 0.282. The van der Waals surface area contributed by atoms with Gasteiger partial charge in [0.05, 0.1) is 13.2 Å². The number of hydrogen-bond donors (Lipinski definition) is 0. The van der Waals surface area contributed by atoms with E-state index in [1.165, 1.54) is 12.8 Å². The lowest BCUT2D eigenvalue weighted by Crippen LogP contribution is -2.58. The molecule has 2 aliphatic heterocycles. The Labute approximate surface area is 144 Å². The van der Waals surface area contributed by atoms with Crippen LogP contribution in [0.3, 0.4) is 0 Å². The molecule has 2 saturated heterocycles. The van der Waals surface area contributed by atoms with E-state index >= 15 is 0 Å². The van der Waals surface area contributed by atoms with Crippen molar-refractivity contribution in [3.05, 3.63) is 0 Å². The molecule has 0 aliphatic carbocycles. The first-order chi connectivity index (χ1) is 10.6. The van der Waals surface area contributed by atoms with Gasteiger partial charge in [-0.3, -0.25) is 0 Å². The van der Waals surface area contributed by atoms with E-state index in [0.717, 1.165) is 26.1 Å². The molecule has 0 saturated carbocycles. The summed E-state index contributed by atoms with van der Waals surface area (Å²) in [7, 11) is 0. The third-order valence-electron chi connectivity index (χ3n) is 7.21. The number of ether oxygens (including phenoxy) is 2. The summed E-state index contributed by atoms with van der Waals surface area (Å²) in [6.07, 6.45) is 4.57. The fourth-order valence-electron chi connectivity index (χ4n) is 5.71. The van der Waals surface area contributed by atoms with Gasteiger partial charge < -0.3 is 9.47 Å². The second kappa shape index (κ2) is 6.67. The Morgan fingerprint density at radius 2 is 1.30 bits per heavy atom. The first-order valence-corrected chi connectivity index (χ1v) is 9.89. The highest BCUT2D eigenvalue weighted by Gasteiger charge is 2.55. The average molecular weight is 325 g/mol. The molecule has 2 aliphatic rings. The lowest BCUT2D eigenvalue weighted by molar-refractivity contribution is -0.338. The predicted octanol–water partition coefficient (Wildman–Crippen LogP) is 5.90. The largest absolute Gasteiger partial charge is 0.350 e. The molecule has 0 bridgehead atoms. The Kier molecular flexibility index (Phi) is 5.58. The Balaban J connectivity index is 2.25. The van der Waals surface area contributed by atoms with Crippen molar-refractivity contribution in [2.45, 2.75) is 86.9 Å². The van der Waals surface area contributed by atoms with E-state index in [-0.39, 0.29) is 11.2 Å². The molecule has 2 fully saturated rings. The Bertz CT molecular complexity index is 391. The molecule has 0 amide bonds. The summed E-state index contributed by atoms with van der Waals surface area (Å²) in [5.41, 5.74) is 0.650. The summed E-state index contributed by atoms with van der Waals surface area (Å²) >= 11 is 0. The van der Waals surface area contributed by atoms with Gasteiger partial charge in [0.15, 0.2) is 5.79 Å². The number of rotatable bonds is 4. The van der Waals surface area contributed by atoms with E-state index in [0.29, 0.717) is 29.1 Å². The third-order valence-corrected chi connectivity index (χ3v) is 7.21. The van der Waals surface area contributed by atoms with Gasteiger partial charge in [-0.05, 0) is 47.3 Å². The third kappa shape index (κ3) is 3.49. The summed E-state index contributed by atoms with van der Waals surface area (Å²) in [4.78, 5) is 0. The highest BCUT2D eigenvalue weighted by atomic mass is 16.7. The Hall–Kier alpha value is -0.0800. The van der Waals surface area contributed by atoms with Gasteiger partial charge in [0.2, 0.25) is 0 Å². The molecule has 0 aromatic rings. The van der Waals surface area contributed by atoms with Crippen molar-refractivity contribution in [1.82, 2.24) is 0 Å². The Morgan fingerprint density at radius 3 is 1.70 bits per heavy atom. The molecule has 2 heteroatoms. The molecule has 2 nitrogen and oxygen atoms in total. The van der Waals surface area contributed by atoms with Crippen molar-refractivity contribution in [1.29, 1.82) is 0 Å². The predicted molar refractivity (Wildman–Crippen MR) is 97.3 cm³/mol. The first-order valence-electron chi connectivity index (χ1n) is 9.89. The van der Waals surface area contributed by atoms with Crippen molar-refractivity contribution < 1.29 is 9.47 Å². The van der Waals surface area contributed by atoms with E-state index in [4.69, 9.17) is 9.47 Å². The van der Waals surface area contributed by atoms with Crippen LogP contribution in [-0.4, -0.2) is 19.0 Å². The molecular formula is C21H40O2. The smallest absolute Gasteiger partial charge is 0.169 e. The molecule has 1 spiro atoms. The highest BCUT2D eigenvalue weighted by molar-refractivity contribution is 5.00. The molecule has 0 aromatic carbocycles. The van der Waals surface area contributed by atoms with Crippen LogP contribution in [0.1, 0.15) is 81.1 Å². The van der Waals surface area contributed by atoms with Crippen LogP contribution in [0.4, 0.5) is 0 Å². The van der Waals surface area contributed by atoms with E-state index in [2.05, 4.69) is 55.4 Å². The Morgan fingerprint density at radius 1 is 0.826 bits per heavy atom. The van der Waals surface area contributed by atoms with Gasteiger partial charge in [-0.25, -0.2) is 0 Å². The normalized spacial score (nSPS) is 36.8. The molecule has 3 atom stereocenters. The van der Waals surface area contributed by atoms with Crippen LogP contribution in [0.5, 0.6) is 0 Å². The van der Waals surface area contributed by atoms with Crippen LogP contribution in [0.15, 0.2) is 0 Å². The van der Waals surface area contributed by atoms with E-state index in [1.807, 2.05) is 0 Å². The summed E-state index contributed by atoms with van der Waals surface area (Å²) in [6.45, 7) is 20.6. The lowest BCUT2D eigenvalue weighted by Gasteiger charge is -2.58. The van der Waals surface area contributed by atoms with Gasteiger partial charge in [-0.15, -0.1) is 0 Å². The van der Waals surface area contributed by atoms with E-state index < -0.39 is 0 Å². The second-order valence-electron chi connectivity index (χ2n) is 9.65. The van der Waals surface area contributed by atoms with E-state index in [9.17, 15) is 0 Å². The second-order valence-corrected chi connectivity index (χ2v) is 9.65. The van der Waals surface area contributed by atoms with Gasteiger partial charge in [-0.1, -0.05) is 55.4 Å². The minimum Gasteiger partial charge on any atom is -0.350 e. The van der Waals surface area contributed by atoms with Gasteiger partial charge in [-0.2, -0.15) is 0 Å². The molecule has 0 N–H and O–H groups in total. The van der Waals surface area contributed by atoms with Crippen LogP contribution in [0.2, 0.25) is 0 Å². The SMILES string of the molecule is CCC1(CC)CC2(CC(C)(C)C(C(C)C)CO2)OCC1C(C)C. The summed E-state index contributed by atoms with van der Waals surface area (Å²) < 4.78 is 13.0. The minimum atomic E-state index is -0.341. The van der Waals surface area contributed by atoms with Crippen LogP contribution in [-0.2, 0) is 9.47 Å². The zero-order chi connectivity index (χ0) is 17.5. The molecule has 3 unspecified atom stereocenters. The topological polar surface area (TPSA) is 18.5 Å². The van der Waals surface area contributed by atoms with Crippen molar-refractivity contribution in [3.8, 4) is 0 Å². The maximum atomic E-state index is 6.48. The fourth-order valence-corrected chi connectivity index (χ4v) is 5.71. The quantitative estimate of drug-likeness (QED) is 0.641. The summed E-state index contributed by atoms with van der Waals surface area (Å²) in [6, 6.07) is 0. The van der Waals surface area contributed by atoms with Crippen molar-refractivity contribution in [2.75, 3.05) is 13.2 Å². The first kappa shape index (κ1) is 19.2.